The van der Waals surface area contributed by atoms with Gasteiger partial charge in [-0.1, -0.05) is 62.4 Å². The number of Topliss-reactive ketones (excluding diaryl/α,β-unsaturated/α-hetero) is 1. The summed E-state index contributed by atoms with van der Waals surface area (Å²) in [6.07, 6.45) is 7.96. The van der Waals surface area contributed by atoms with Gasteiger partial charge in [0.2, 0.25) is 0 Å². The van der Waals surface area contributed by atoms with Gasteiger partial charge in [0, 0.05) is 22.3 Å². The maximum Gasteiger partial charge on any atom is 0.159 e. The van der Waals surface area contributed by atoms with E-state index >= 15 is 0 Å². The van der Waals surface area contributed by atoms with Crippen LogP contribution in [0.25, 0.3) is 0 Å². The Balaban J connectivity index is 1.68. The third-order valence-corrected chi connectivity index (χ3v) is 8.59. The number of ketones is 1. The molecule has 1 fully saturated rings. The number of ether oxygens (including phenoxy) is 1. The molecule has 1 aromatic rings. The predicted molar refractivity (Wildman–Crippen MR) is 116 cm³/mol. The standard InChI is InChI=1S/C25H32O2S/c1-5-24(3)15-21(27-22(16-24)28-19-9-7-6-8-10-19)25(4)17(2)11-12-18-13-14-20(26)23(18)25/h5-10,17,21-22H,1,11-16H2,2-4H3/t17-,21+,22-,24+,25-/m0/s1. The number of rotatable bonds is 4. The van der Waals surface area contributed by atoms with E-state index in [9.17, 15) is 4.79 Å². The molecule has 0 unspecified atom stereocenters. The molecular formula is C25H32O2S. The largest absolute Gasteiger partial charge is 0.363 e. The van der Waals surface area contributed by atoms with Crippen molar-refractivity contribution in [3.8, 4) is 0 Å². The Morgan fingerprint density at radius 2 is 1.89 bits per heavy atom. The zero-order chi connectivity index (χ0) is 19.9. The van der Waals surface area contributed by atoms with Gasteiger partial charge in [0.05, 0.1) is 6.10 Å². The Bertz CT molecular complexity index is 798. The van der Waals surface area contributed by atoms with Crippen molar-refractivity contribution in [1.82, 2.24) is 0 Å². The second kappa shape index (κ2) is 7.50. The first-order valence-corrected chi connectivity index (χ1v) is 11.5. The number of allylic oxidation sites excluding steroid dienone is 2. The van der Waals surface area contributed by atoms with Crippen LogP contribution in [0.3, 0.4) is 0 Å². The Morgan fingerprint density at radius 3 is 2.61 bits per heavy atom. The number of hydrogen-bond acceptors (Lipinski definition) is 3. The Morgan fingerprint density at radius 1 is 1.14 bits per heavy atom. The number of hydrogen-bond donors (Lipinski definition) is 0. The predicted octanol–water partition coefficient (Wildman–Crippen LogP) is 6.57. The molecule has 5 atom stereocenters. The molecule has 2 aliphatic carbocycles. The van der Waals surface area contributed by atoms with Crippen LogP contribution in [0.5, 0.6) is 0 Å². The minimum Gasteiger partial charge on any atom is -0.363 e. The molecule has 0 saturated carbocycles. The van der Waals surface area contributed by atoms with Crippen molar-refractivity contribution in [2.75, 3.05) is 0 Å². The zero-order valence-corrected chi connectivity index (χ0v) is 18.2. The van der Waals surface area contributed by atoms with Crippen LogP contribution in [0, 0.1) is 16.7 Å². The average Bonchev–Trinajstić information content (AvgIpc) is 3.07. The summed E-state index contributed by atoms with van der Waals surface area (Å²) >= 11 is 1.80. The second-order valence-electron chi connectivity index (χ2n) is 9.38. The topological polar surface area (TPSA) is 26.3 Å². The van der Waals surface area contributed by atoms with Gasteiger partial charge in [-0.25, -0.2) is 0 Å². The normalized spacial score (nSPS) is 38.4. The molecule has 0 spiro atoms. The van der Waals surface area contributed by atoms with Crippen LogP contribution in [0.15, 0.2) is 59.0 Å². The van der Waals surface area contributed by atoms with Crippen LogP contribution in [-0.4, -0.2) is 17.3 Å². The van der Waals surface area contributed by atoms with Crippen LogP contribution < -0.4 is 0 Å². The Labute approximate surface area is 173 Å². The molecule has 1 heterocycles. The summed E-state index contributed by atoms with van der Waals surface area (Å²) < 4.78 is 6.79. The van der Waals surface area contributed by atoms with Crippen LogP contribution in [-0.2, 0) is 9.53 Å². The molecule has 0 amide bonds. The lowest BCUT2D eigenvalue weighted by Crippen LogP contribution is -2.51. The van der Waals surface area contributed by atoms with Gasteiger partial charge in [0.1, 0.15) is 5.44 Å². The summed E-state index contributed by atoms with van der Waals surface area (Å²) in [4.78, 5) is 14.1. The van der Waals surface area contributed by atoms with Crippen molar-refractivity contribution in [3.05, 3.63) is 54.1 Å². The first-order valence-electron chi connectivity index (χ1n) is 10.6. The molecule has 0 N–H and O–H groups in total. The van der Waals surface area contributed by atoms with E-state index in [4.69, 9.17) is 4.74 Å². The van der Waals surface area contributed by atoms with E-state index in [1.807, 2.05) is 6.07 Å². The summed E-state index contributed by atoms with van der Waals surface area (Å²) in [7, 11) is 0. The highest BCUT2D eigenvalue weighted by molar-refractivity contribution is 7.99. The lowest BCUT2D eigenvalue weighted by Gasteiger charge is -2.52. The highest BCUT2D eigenvalue weighted by atomic mass is 32.2. The molecule has 1 aliphatic heterocycles. The van der Waals surface area contributed by atoms with Crippen molar-refractivity contribution in [2.24, 2.45) is 16.7 Å². The van der Waals surface area contributed by atoms with Gasteiger partial charge in [-0.3, -0.25) is 4.79 Å². The molecule has 3 heteroatoms. The quantitative estimate of drug-likeness (QED) is 0.538. The Kier molecular flexibility index (Phi) is 5.35. The summed E-state index contributed by atoms with van der Waals surface area (Å²) in [5, 5.41) is 0. The summed E-state index contributed by atoms with van der Waals surface area (Å²) in [6, 6.07) is 10.5. The van der Waals surface area contributed by atoms with Gasteiger partial charge < -0.3 is 4.74 Å². The van der Waals surface area contributed by atoms with E-state index in [2.05, 4.69) is 57.7 Å². The van der Waals surface area contributed by atoms with E-state index in [0.29, 0.717) is 18.1 Å². The summed E-state index contributed by atoms with van der Waals surface area (Å²) in [5.74, 6) is 0.818. The maximum atomic E-state index is 12.9. The monoisotopic (exact) mass is 396 g/mol. The molecular weight excluding hydrogens is 364 g/mol. The number of carbonyl (C=O) groups excluding carboxylic acids is 1. The van der Waals surface area contributed by atoms with Crippen LogP contribution in [0.2, 0.25) is 0 Å². The first kappa shape index (κ1) is 20.0. The number of thioether (sulfide) groups is 1. The van der Waals surface area contributed by atoms with Gasteiger partial charge in [-0.15, -0.1) is 6.58 Å². The molecule has 0 bridgehead atoms. The second-order valence-corrected chi connectivity index (χ2v) is 10.6. The highest BCUT2D eigenvalue weighted by Crippen LogP contribution is 2.57. The van der Waals surface area contributed by atoms with Gasteiger partial charge in [-0.2, -0.15) is 0 Å². The van der Waals surface area contributed by atoms with E-state index in [-0.39, 0.29) is 22.4 Å². The molecule has 1 aromatic carbocycles. The molecule has 4 rings (SSSR count). The van der Waals surface area contributed by atoms with Gasteiger partial charge in [-0.05, 0) is 55.6 Å². The molecule has 1 saturated heterocycles. The Hall–Kier alpha value is -1.32. The molecule has 3 aliphatic rings. The SMILES string of the molecule is C=C[C@@]1(C)C[C@H](Sc2ccccc2)O[C@@H]([C@@]2(C)C3=C(CCC3=O)CC[C@@H]2C)C1. The number of carbonyl (C=O) groups is 1. The van der Waals surface area contributed by atoms with Gasteiger partial charge in [0.25, 0.3) is 0 Å². The molecule has 2 nitrogen and oxygen atoms in total. The summed E-state index contributed by atoms with van der Waals surface area (Å²) in [5.41, 5.74) is 2.44. The highest BCUT2D eigenvalue weighted by Gasteiger charge is 2.53. The van der Waals surface area contributed by atoms with Gasteiger partial charge in [0.15, 0.2) is 5.78 Å². The maximum absolute atomic E-state index is 12.9. The van der Waals surface area contributed by atoms with Gasteiger partial charge >= 0.3 is 0 Å². The fourth-order valence-corrected chi connectivity index (χ4v) is 6.74. The van der Waals surface area contributed by atoms with E-state index in [1.54, 1.807) is 11.8 Å². The smallest absolute Gasteiger partial charge is 0.159 e. The molecule has 28 heavy (non-hydrogen) atoms. The fourth-order valence-electron chi connectivity index (χ4n) is 5.47. The fraction of sp³-hybridized carbons (Fsp3) is 0.560. The minimum atomic E-state index is -0.193. The first-order chi connectivity index (χ1) is 13.4. The lowest BCUT2D eigenvalue weighted by molar-refractivity contribution is -0.127. The third-order valence-electron chi connectivity index (χ3n) is 7.50. The van der Waals surface area contributed by atoms with Crippen molar-refractivity contribution >= 4 is 17.5 Å². The lowest BCUT2D eigenvalue weighted by atomic mass is 9.59. The van der Waals surface area contributed by atoms with Crippen molar-refractivity contribution < 1.29 is 9.53 Å². The number of benzene rings is 1. The van der Waals surface area contributed by atoms with Crippen molar-refractivity contribution in [2.45, 2.75) is 75.7 Å². The van der Waals surface area contributed by atoms with E-state index in [1.165, 1.54) is 10.5 Å². The van der Waals surface area contributed by atoms with E-state index in [0.717, 1.165) is 37.7 Å². The third kappa shape index (κ3) is 3.41. The zero-order valence-electron chi connectivity index (χ0n) is 17.4. The molecule has 0 aromatic heterocycles. The molecule has 0 radical (unpaired) electrons. The van der Waals surface area contributed by atoms with E-state index < -0.39 is 0 Å². The molecule has 150 valence electrons. The average molecular weight is 397 g/mol. The summed E-state index contributed by atoms with van der Waals surface area (Å²) in [6.45, 7) is 11.1. The van der Waals surface area contributed by atoms with Crippen molar-refractivity contribution in [3.63, 3.8) is 0 Å². The minimum absolute atomic E-state index is 0.0257. The van der Waals surface area contributed by atoms with Crippen LogP contribution in [0.1, 0.15) is 59.3 Å². The van der Waals surface area contributed by atoms with Crippen molar-refractivity contribution in [1.29, 1.82) is 0 Å². The van der Waals surface area contributed by atoms with Crippen LogP contribution in [0.4, 0.5) is 0 Å². The van der Waals surface area contributed by atoms with Crippen LogP contribution >= 0.6 is 11.8 Å².